The molecule has 0 bridgehead atoms. The number of para-hydroxylation sites is 1. The van der Waals surface area contributed by atoms with Gasteiger partial charge < -0.3 is 19.5 Å². The molecular weight excluding hydrogens is 328 g/mol. The number of nitrogens with zero attached hydrogens (tertiary/aromatic N) is 5. The highest BCUT2D eigenvalue weighted by Crippen LogP contribution is 2.15. The van der Waals surface area contributed by atoms with Gasteiger partial charge in [0.15, 0.2) is 11.8 Å². The monoisotopic (exact) mass is 356 g/mol. The van der Waals surface area contributed by atoms with Gasteiger partial charge in [-0.05, 0) is 25.5 Å². The van der Waals surface area contributed by atoms with Crippen LogP contribution in [0.25, 0.3) is 0 Å². The fraction of sp³-hybridized carbons (Fsp3) is 0.421. The smallest absolute Gasteiger partial charge is 0.194 e. The predicted octanol–water partition coefficient (Wildman–Crippen LogP) is 2.07. The maximum absolute atomic E-state index is 5.88. The number of guanidine groups is 1. The van der Waals surface area contributed by atoms with E-state index in [9.17, 15) is 0 Å². The molecule has 0 saturated heterocycles. The van der Waals surface area contributed by atoms with E-state index in [0.717, 1.165) is 28.9 Å². The molecule has 26 heavy (non-hydrogen) atoms. The number of hydrogen-bond acceptors (Lipinski definition) is 4. The van der Waals surface area contributed by atoms with Gasteiger partial charge in [-0.3, -0.25) is 0 Å². The third kappa shape index (κ3) is 5.34. The average Bonchev–Trinajstić information content (AvgIpc) is 2.95. The lowest BCUT2D eigenvalue weighted by Gasteiger charge is -2.22. The average molecular weight is 356 g/mol. The summed E-state index contributed by atoms with van der Waals surface area (Å²) >= 11 is 0. The largest absolute Gasteiger partial charge is 0.491 e. The summed E-state index contributed by atoms with van der Waals surface area (Å²) in [4.78, 5) is 6.69. The lowest BCUT2D eigenvalue weighted by atomic mass is 10.2. The van der Waals surface area contributed by atoms with Crippen molar-refractivity contribution >= 4 is 5.96 Å². The van der Waals surface area contributed by atoms with E-state index in [1.54, 1.807) is 6.08 Å². The van der Waals surface area contributed by atoms with E-state index in [0.29, 0.717) is 26.2 Å². The Hall–Kier alpha value is -2.83. The lowest BCUT2D eigenvalue weighted by molar-refractivity contribution is 0.280. The molecule has 1 N–H and O–H groups in total. The van der Waals surface area contributed by atoms with Gasteiger partial charge >= 0.3 is 0 Å². The molecule has 0 amide bonds. The lowest BCUT2D eigenvalue weighted by Crippen LogP contribution is -2.41. The molecule has 0 aliphatic heterocycles. The van der Waals surface area contributed by atoms with E-state index >= 15 is 0 Å². The zero-order valence-electron chi connectivity index (χ0n) is 16.1. The normalized spacial score (nSPS) is 11.3. The van der Waals surface area contributed by atoms with E-state index in [1.807, 2.05) is 61.7 Å². The molecule has 2 aromatic rings. The Morgan fingerprint density at radius 2 is 2.12 bits per heavy atom. The molecule has 1 aromatic carbocycles. The molecule has 7 nitrogen and oxygen atoms in total. The van der Waals surface area contributed by atoms with Crippen LogP contribution in [0, 0.1) is 13.8 Å². The number of hydrogen-bond donors (Lipinski definition) is 1. The maximum Gasteiger partial charge on any atom is 0.194 e. The van der Waals surface area contributed by atoms with Crippen LogP contribution in [0.5, 0.6) is 5.75 Å². The zero-order chi connectivity index (χ0) is 18.9. The van der Waals surface area contributed by atoms with Crippen molar-refractivity contribution in [3.05, 3.63) is 54.1 Å². The van der Waals surface area contributed by atoms with Crippen molar-refractivity contribution in [2.45, 2.75) is 20.4 Å². The SMILES string of the molecule is C=CCNC(=NCc1nnc(C)n1C)N(C)CCOc1ccccc1C. The highest BCUT2D eigenvalue weighted by atomic mass is 16.5. The summed E-state index contributed by atoms with van der Waals surface area (Å²) in [5.41, 5.74) is 1.13. The minimum absolute atomic E-state index is 0.458. The number of aryl methyl sites for hydroxylation is 2. The number of rotatable bonds is 8. The summed E-state index contributed by atoms with van der Waals surface area (Å²) in [6, 6.07) is 8.01. The van der Waals surface area contributed by atoms with Crippen LogP contribution in [0.2, 0.25) is 0 Å². The van der Waals surface area contributed by atoms with Gasteiger partial charge in [-0.1, -0.05) is 24.3 Å². The van der Waals surface area contributed by atoms with Crippen molar-refractivity contribution < 1.29 is 4.74 Å². The molecule has 0 spiro atoms. The van der Waals surface area contributed by atoms with Gasteiger partial charge in [0, 0.05) is 20.6 Å². The maximum atomic E-state index is 5.88. The van der Waals surface area contributed by atoms with Crippen molar-refractivity contribution in [3.63, 3.8) is 0 Å². The molecule has 0 aliphatic carbocycles. The third-order valence-corrected chi connectivity index (χ3v) is 4.10. The van der Waals surface area contributed by atoms with Crippen molar-refractivity contribution in [1.82, 2.24) is 25.0 Å². The molecule has 0 fully saturated rings. The second kappa shape index (κ2) is 9.60. The minimum atomic E-state index is 0.458. The topological polar surface area (TPSA) is 67.6 Å². The minimum Gasteiger partial charge on any atom is -0.491 e. The molecule has 2 rings (SSSR count). The van der Waals surface area contributed by atoms with E-state index in [-0.39, 0.29) is 0 Å². The van der Waals surface area contributed by atoms with Gasteiger partial charge in [-0.2, -0.15) is 0 Å². The quantitative estimate of drug-likeness (QED) is 0.446. The van der Waals surface area contributed by atoms with Crippen molar-refractivity contribution in [1.29, 1.82) is 0 Å². The summed E-state index contributed by atoms with van der Waals surface area (Å²) in [6.45, 7) is 10.1. The fourth-order valence-corrected chi connectivity index (χ4v) is 2.33. The number of likely N-dealkylation sites (N-methyl/N-ethyl adjacent to an activating group) is 1. The molecule has 1 aromatic heterocycles. The summed E-state index contributed by atoms with van der Waals surface area (Å²) in [7, 11) is 3.93. The molecule has 7 heteroatoms. The third-order valence-electron chi connectivity index (χ3n) is 4.10. The van der Waals surface area contributed by atoms with Crippen LogP contribution in [0.3, 0.4) is 0 Å². The van der Waals surface area contributed by atoms with Gasteiger partial charge in [0.05, 0.1) is 6.54 Å². The predicted molar refractivity (Wildman–Crippen MR) is 104 cm³/mol. The molecular formula is C19H28N6O. The summed E-state index contributed by atoms with van der Waals surface area (Å²) < 4.78 is 7.82. The van der Waals surface area contributed by atoms with E-state index in [4.69, 9.17) is 4.74 Å². The van der Waals surface area contributed by atoms with Gasteiger partial charge in [-0.15, -0.1) is 16.8 Å². The Morgan fingerprint density at radius 1 is 1.35 bits per heavy atom. The number of aliphatic imine (C=N–C) groups is 1. The van der Waals surface area contributed by atoms with Crippen LogP contribution in [0.4, 0.5) is 0 Å². The molecule has 0 atom stereocenters. The van der Waals surface area contributed by atoms with E-state index in [1.165, 1.54) is 0 Å². The highest BCUT2D eigenvalue weighted by molar-refractivity contribution is 5.79. The Kier molecular flexibility index (Phi) is 7.20. The van der Waals surface area contributed by atoms with Crippen LogP contribution in [-0.4, -0.2) is 52.4 Å². The van der Waals surface area contributed by atoms with Gasteiger partial charge in [0.25, 0.3) is 0 Å². The first-order valence-electron chi connectivity index (χ1n) is 8.66. The summed E-state index contributed by atoms with van der Waals surface area (Å²) in [6.07, 6.45) is 1.81. The molecule has 140 valence electrons. The van der Waals surface area contributed by atoms with Crippen LogP contribution >= 0.6 is 0 Å². The Morgan fingerprint density at radius 3 is 2.77 bits per heavy atom. The van der Waals surface area contributed by atoms with Crippen LogP contribution < -0.4 is 10.1 Å². The number of benzene rings is 1. The van der Waals surface area contributed by atoms with Gasteiger partial charge in [0.1, 0.15) is 24.7 Å². The summed E-state index contributed by atoms with van der Waals surface area (Å²) in [5, 5.41) is 11.5. The second-order valence-electron chi connectivity index (χ2n) is 6.07. The van der Waals surface area contributed by atoms with Crippen LogP contribution in [-0.2, 0) is 13.6 Å². The van der Waals surface area contributed by atoms with Crippen LogP contribution in [0.1, 0.15) is 17.2 Å². The Bertz CT molecular complexity index is 752. The fourth-order valence-electron chi connectivity index (χ4n) is 2.33. The molecule has 0 radical (unpaired) electrons. The molecule has 1 heterocycles. The first-order chi connectivity index (χ1) is 12.5. The zero-order valence-corrected chi connectivity index (χ0v) is 16.1. The van der Waals surface area contributed by atoms with Crippen molar-refractivity contribution in [3.8, 4) is 5.75 Å². The van der Waals surface area contributed by atoms with E-state index in [2.05, 4.69) is 27.1 Å². The summed E-state index contributed by atoms with van der Waals surface area (Å²) in [5.74, 6) is 3.38. The van der Waals surface area contributed by atoms with Crippen molar-refractivity contribution in [2.75, 3.05) is 26.7 Å². The standard InChI is InChI=1S/C19H28N6O/c1-6-11-20-19(21-14-18-23-22-16(3)25(18)5)24(4)12-13-26-17-10-8-7-9-15(17)2/h6-10H,1,11-14H2,2-5H3,(H,20,21). The second-order valence-corrected chi connectivity index (χ2v) is 6.07. The molecule has 0 saturated carbocycles. The Balaban J connectivity index is 1.96. The number of nitrogens with one attached hydrogen (secondary N) is 1. The number of aromatic nitrogens is 3. The molecule has 0 aliphatic rings. The Labute approximate surface area is 155 Å². The number of ether oxygens (including phenoxy) is 1. The van der Waals surface area contributed by atoms with Crippen LogP contribution in [0.15, 0.2) is 41.9 Å². The van der Waals surface area contributed by atoms with Gasteiger partial charge in [0.2, 0.25) is 0 Å². The van der Waals surface area contributed by atoms with Gasteiger partial charge in [-0.25, -0.2) is 4.99 Å². The van der Waals surface area contributed by atoms with Crippen molar-refractivity contribution in [2.24, 2.45) is 12.0 Å². The highest BCUT2D eigenvalue weighted by Gasteiger charge is 2.09. The van der Waals surface area contributed by atoms with E-state index < -0.39 is 0 Å². The first-order valence-corrected chi connectivity index (χ1v) is 8.66. The molecule has 0 unspecified atom stereocenters. The first kappa shape index (κ1) is 19.5.